The first kappa shape index (κ1) is 13.4. The Bertz CT molecular complexity index is 398. The van der Waals surface area contributed by atoms with Crippen molar-refractivity contribution >= 4 is 0 Å². The first-order valence-electron chi connectivity index (χ1n) is 5.31. The second kappa shape index (κ2) is 6.79. The van der Waals surface area contributed by atoms with Crippen molar-refractivity contribution < 1.29 is 14.6 Å². The van der Waals surface area contributed by atoms with Gasteiger partial charge in [-0.15, -0.1) is 6.42 Å². The topological polar surface area (TPSA) is 64.7 Å². The molecule has 3 N–H and O–H groups in total. The minimum atomic E-state index is -0.274. The fraction of sp³-hybridized carbons (Fsp3) is 0.385. The second-order valence-corrected chi connectivity index (χ2v) is 3.62. The maximum atomic E-state index is 8.90. The van der Waals surface area contributed by atoms with Crippen LogP contribution in [0.4, 0.5) is 0 Å². The van der Waals surface area contributed by atoms with Gasteiger partial charge in [0.25, 0.3) is 0 Å². The van der Waals surface area contributed by atoms with E-state index in [1.165, 1.54) is 0 Å². The number of benzene rings is 1. The number of aliphatic hydroxyl groups excluding tert-OH is 1. The molecule has 1 atom stereocenters. The van der Waals surface area contributed by atoms with Crippen molar-refractivity contribution in [1.29, 1.82) is 0 Å². The van der Waals surface area contributed by atoms with Crippen LogP contribution in [0.5, 0.6) is 11.5 Å². The van der Waals surface area contributed by atoms with Crippen LogP contribution in [0, 0.1) is 12.3 Å². The number of rotatable bonds is 6. The summed E-state index contributed by atoms with van der Waals surface area (Å²) in [5, 5.41) is 8.90. The molecule has 1 rings (SSSR count). The summed E-state index contributed by atoms with van der Waals surface area (Å²) in [4.78, 5) is 0. The molecule has 0 spiro atoms. The van der Waals surface area contributed by atoms with Crippen LogP contribution in [-0.2, 0) is 6.42 Å². The highest BCUT2D eigenvalue weighted by atomic mass is 16.5. The van der Waals surface area contributed by atoms with Crippen molar-refractivity contribution in [3.8, 4) is 23.8 Å². The van der Waals surface area contributed by atoms with Gasteiger partial charge in [-0.05, 0) is 24.1 Å². The van der Waals surface area contributed by atoms with E-state index in [4.69, 9.17) is 26.7 Å². The number of hydrogen-bond acceptors (Lipinski definition) is 4. The molecular formula is C13H17NO3. The lowest BCUT2D eigenvalue weighted by Crippen LogP contribution is -2.26. The largest absolute Gasteiger partial charge is 0.493 e. The molecule has 1 aromatic rings. The van der Waals surface area contributed by atoms with Crippen molar-refractivity contribution in [2.45, 2.75) is 12.5 Å². The van der Waals surface area contributed by atoms with Gasteiger partial charge in [-0.2, -0.15) is 0 Å². The third kappa shape index (κ3) is 3.99. The van der Waals surface area contributed by atoms with Crippen LogP contribution in [0.25, 0.3) is 0 Å². The smallest absolute Gasteiger partial charge is 0.162 e. The van der Waals surface area contributed by atoms with E-state index in [9.17, 15) is 0 Å². The molecule has 0 bridgehead atoms. The number of hydrogen-bond donors (Lipinski definition) is 2. The average molecular weight is 235 g/mol. The van der Waals surface area contributed by atoms with Gasteiger partial charge in [0, 0.05) is 6.04 Å². The van der Waals surface area contributed by atoms with Gasteiger partial charge < -0.3 is 20.3 Å². The van der Waals surface area contributed by atoms with E-state index in [1.54, 1.807) is 13.2 Å². The van der Waals surface area contributed by atoms with Crippen LogP contribution in [0.2, 0.25) is 0 Å². The Balaban J connectivity index is 2.84. The average Bonchev–Trinajstić information content (AvgIpc) is 2.36. The summed E-state index contributed by atoms with van der Waals surface area (Å²) in [6.07, 6.45) is 5.72. The minimum absolute atomic E-state index is 0.0490. The first-order valence-corrected chi connectivity index (χ1v) is 5.31. The summed E-state index contributed by atoms with van der Waals surface area (Å²) in [6.45, 7) is 0.137. The van der Waals surface area contributed by atoms with E-state index < -0.39 is 0 Å². The lowest BCUT2D eigenvalue weighted by molar-refractivity contribution is 0.265. The minimum Gasteiger partial charge on any atom is -0.493 e. The molecule has 0 heterocycles. The molecule has 0 aliphatic carbocycles. The van der Waals surface area contributed by atoms with Gasteiger partial charge in [-0.3, -0.25) is 0 Å². The highest BCUT2D eigenvalue weighted by Gasteiger charge is 2.08. The monoisotopic (exact) mass is 235 g/mol. The van der Waals surface area contributed by atoms with E-state index in [-0.39, 0.29) is 19.3 Å². The second-order valence-electron chi connectivity index (χ2n) is 3.62. The van der Waals surface area contributed by atoms with Crippen LogP contribution in [0.1, 0.15) is 5.56 Å². The van der Waals surface area contributed by atoms with Gasteiger partial charge in [0.05, 0.1) is 13.7 Å². The summed E-state index contributed by atoms with van der Waals surface area (Å²) in [5.74, 6) is 3.61. The number of aliphatic hydroxyl groups is 1. The van der Waals surface area contributed by atoms with E-state index in [2.05, 4.69) is 5.92 Å². The molecule has 4 heteroatoms. The molecule has 0 aromatic heterocycles. The van der Waals surface area contributed by atoms with Gasteiger partial charge in [0.1, 0.15) is 6.61 Å². The maximum Gasteiger partial charge on any atom is 0.162 e. The van der Waals surface area contributed by atoms with Gasteiger partial charge >= 0.3 is 0 Å². The highest BCUT2D eigenvalue weighted by molar-refractivity contribution is 5.43. The summed E-state index contributed by atoms with van der Waals surface area (Å²) < 4.78 is 10.5. The summed E-state index contributed by atoms with van der Waals surface area (Å²) >= 11 is 0. The predicted octanol–water partition coefficient (Wildman–Crippen LogP) is 0.569. The molecule has 4 nitrogen and oxygen atoms in total. The molecule has 0 fully saturated rings. The molecule has 0 saturated carbocycles. The van der Waals surface area contributed by atoms with Crippen molar-refractivity contribution in [2.75, 3.05) is 20.3 Å². The zero-order chi connectivity index (χ0) is 12.7. The summed E-state index contributed by atoms with van der Waals surface area (Å²) in [5.41, 5.74) is 6.64. The molecule has 1 unspecified atom stereocenters. The lowest BCUT2D eigenvalue weighted by Gasteiger charge is -2.12. The highest BCUT2D eigenvalue weighted by Crippen LogP contribution is 2.28. The summed E-state index contributed by atoms with van der Waals surface area (Å²) in [7, 11) is 1.57. The normalized spacial score (nSPS) is 11.6. The Morgan fingerprint density at radius 1 is 1.47 bits per heavy atom. The molecular weight excluding hydrogens is 218 g/mol. The molecule has 0 amide bonds. The lowest BCUT2D eigenvalue weighted by atomic mass is 10.1. The van der Waals surface area contributed by atoms with Crippen LogP contribution in [0.3, 0.4) is 0 Å². The predicted molar refractivity (Wildman–Crippen MR) is 66.1 cm³/mol. The number of ether oxygens (including phenoxy) is 2. The molecule has 0 radical (unpaired) electrons. The standard InChI is InChI=1S/C13H17NO3/c1-3-6-17-13-8-10(7-11(14)9-15)4-5-12(13)16-2/h1,4-5,8,11,15H,6-7,9,14H2,2H3. The fourth-order valence-electron chi connectivity index (χ4n) is 1.45. The Morgan fingerprint density at radius 2 is 2.24 bits per heavy atom. The zero-order valence-corrected chi connectivity index (χ0v) is 9.85. The van der Waals surface area contributed by atoms with Crippen molar-refractivity contribution in [2.24, 2.45) is 5.73 Å². The molecule has 0 aliphatic heterocycles. The molecule has 17 heavy (non-hydrogen) atoms. The van der Waals surface area contributed by atoms with Crippen LogP contribution < -0.4 is 15.2 Å². The van der Waals surface area contributed by atoms with Crippen LogP contribution >= 0.6 is 0 Å². The van der Waals surface area contributed by atoms with Gasteiger partial charge in [-0.1, -0.05) is 12.0 Å². The van der Waals surface area contributed by atoms with Crippen molar-refractivity contribution in [1.82, 2.24) is 0 Å². The third-order valence-electron chi connectivity index (χ3n) is 2.27. The molecule has 92 valence electrons. The first-order chi connectivity index (χ1) is 8.21. The van der Waals surface area contributed by atoms with Gasteiger partial charge in [-0.25, -0.2) is 0 Å². The van der Waals surface area contributed by atoms with E-state index in [0.29, 0.717) is 17.9 Å². The Morgan fingerprint density at radius 3 is 2.82 bits per heavy atom. The number of methoxy groups -OCH3 is 1. The SMILES string of the molecule is C#CCOc1cc(CC(N)CO)ccc1OC. The third-order valence-corrected chi connectivity index (χ3v) is 2.27. The zero-order valence-electron chi connectivity index (χ0n) is 9.85. The number of terminal acetylenes is 1. The van der Waals surface area contributed by atoms with Crippen LogP contribution in [-0.4, -0.2) is 31.5 Å². The van der Waals surface area contributed by atoms with Crippen molar-refractivity contribution in [3.05, 3.63) is 23.8 Å². The Kier molecular flexibility index (Phi) is 5.34. The van der Waals surface area contributed by atoms with E-state index in [0.717, 1.165) is 5.56 Å². The Labute approximate surface area is 101 Å². The van der Waals surface area contributed by atoms with Gasteiger partial charge in [0.2, 0.25) is 0 Å². The van der Waals surface area contributed by atoms with E-state index >= 15 is 0 Å². The van der Waals surface area contributed by atoms with Gasteiger partial charge in [0.15, 0.2) is 11.5 Å². The van der Waals surface area contributed by atoms with Crippen LogP contribution in [0.15, 0.2) is 18.2 Å². The van der Waals surface area contributed by atoms with Crippen molar-refractivity contribution in [3.63, 3.8) is 0 Å². The summed E-state index contributed by atoms with van der Waals surface area (Å²) in [6, 6.07) is 5.23. The molecule has 0 aliphatic rings. The fourth-order valence-corrected chi connectivity index (χ4v) is 1.45. The quantitative estimate of drug-likeness (QED) is 0.707. The number of nitrogens with two attached hydrogens (primary N) is 1. The molecule has 0 saturated heterocycles. The molecule has 1 aromatic carbocycles. The Hall–Kier alpha value is -1.70. The van der Waals surface area contributed by atoms with E-state index in [1.807, 2.05) is 12.1 Å². The maximum absolute atomic E-state index is 8.90.